The highest BCUT2D eigenvalue weighted by atomic mass is 35.5. The molecule has 1 heterocycles. The van der Waals surface area contributed by atoms with Crippen LogP contribution in [-0.2, 0) is 12.7 Å². The molecule has 0 unspecified atom stereocenters. The number of aryl methyl sites for hydroxylation is 2. The lowest BCUT2D eigenvalue weighted by atomic mass is 10.2. The number of rotatable bonds is 5. The van der Waals surface area contributed by atoms with Crippen LogP contribution >= 0.6 is 23.8 Å². The molecule has 2 rings (SSSR count). The van der Waals surface area contributed by atoms with Crippen molar-refractivity contribution in [3.8, 4) is 0 Å². The Balaban J connectivity index is 1.82. The zero-order valence-corrected chi connectivity index (χ0v) is 15.3. The number of thiocarbonyl (C=S) groups is 1. The molecular formula is C16H18ClF3N4S. The summed E-state index contributed by atoms with van der Waals surface area (Å²) < 4.78 is 39.6. The van der Waals surface area contributed by atoms with Crippen LogP contribution in [0.15, 0.2) is 24.3 Å². The average Bonchev–Trinajstić information content (AvgIpc) is 2.80. The molecule has 2 aromatic rings. The number of nitrogens with zero attached hydrogens (tertiary/aromatic N) is 2. The summed E-state index contributed by atoms with van der Waals surface area (Å²) in [6, 6.07) is 7.76. The third-order valence-electron chi connectivity index (χ3n) is 3.51. The fourth-order valence-electron chi connectivity index (χ4n) is 2.25. The van der Waals surface area contributed by atoms with Crippen LogP contribution in [0.25, 0.3) is 0 Å². The Hall–Kier alpha value is -1.80. The first-order valence-electron chi connectivity index (χ1n) is 7.60. The van der Waals surface area contributed by atoms with Crippen molar-refractivity contribution in [2.75, 3.05) is 11.9 Å². The third-order valence-corrected chi connectivity index (χ3v) is 4.21. The molecule has 1 aromatic heterocycles. The van der Waals surface area contributed by atoms with Crippen molar-refractivity contribution >= 4 is 34.6 Å². The summed E-state index contributed by atoms with van der Waals surface area (Å²) in [6.07, 6.45) is -4.00. The molecule has 25 heavy (non-hydrogen) atoms. The van der Waals surface area contributed by atoms with E-state index in [1.54, 1.807) is 0 Å². The highest BCUT2D eigenvalue weighted by Gasteiger charge is 2.38. The zero-order chi connectivity index (χ0) is 18.6. The molecule has 0 saturated carbocycles. The number of nitrogens with one attached hydrogen (secondary N) is 2. The van der Waals surface area contributed by atoms with E-state index in [1.165, 1.54) is 11.6 Å². The molecule has 2 N–H and O–H groups in total. The van der Waals surface area contributed by atoms with Gasteiger partial charge in [-0.15, -0.1) is 0 Å². The summed E-state index contributed by atoms with van der Waals surface area (Å²) in [5.74, 6) is 0. The van der Waals surface area contributed by atoms with Crippen LogP contribution < -0.4 is 10.6 Å². The maximum atomic E-state index is 12.8. The van der Waals surface area contributed by atoms with Crippen molar-refractivity contribution in [3.63, 3.8) is 0 Å². The molecular weight excluding hydrogens is 373 g/mol. The summed E-state index contributed by atoms with van der Waals surface area (Å²) in [4.78, 5) is 0. The highest BCUT2D eigenvalue weighted by molar-refractivity contribution is 7.80. The minimum absolute atomic E-state index is 0.300. The van der Waals surface area contributed by atoms with Crippen LogP contribution in [0.2, 0.25) is 5.02 Å². The Morgan fingerprint density at radius 1 is 1.32 bits per heavy atom. The van der Waals surface area contributed by atoms with Gasteiger partial charge in [0.25, 0.3) is 0 Å². The predicted octanol–water partition coefficient (Wildman–Crippen LogP) is 4.55. The number of alkyl halides is 3. The Morgan fingerprint density at radius 2 is 2.04 bits per heavy atom. The second-order valence-corrected chi connectivity index (χ2v) is 6.36. The summed E-state index contributed by atoms with van der Waals surface area (Å²) in [5, 5.41) is 9.73. The van der Waals surface area contributed by atoms with E-state index in [0.29, 0.717) is 30.3 Å². The normalized spacial score (nSPS) is 11.4. The molecule has 0 aliphatic heterocycles. The average molecular weight is 391 g/mol. The Kier molecular flexibility index (Phi) is 6.29. The second-order valence-electron chi connectivity index (χ2n) is 5.57. The minimum atomic E-state index is -4.55. The van der Waals surface area contributed by atoms with Crippen molar-refractivity contribution in [1.82, 2.24) is 15.1 Å². The largest absolute Gasteiger partial charge is 0.436 e. The first-order valence-corrected chi connectivity index (χ1v) is 8.38. The molecule has 0 aliphatic carbocycles. The number of benzene rings is 1. The predicted molar refractivity (Wildman–Crippen MR) is 97.0 cm³/mol. The maximum absolute atomic E-state index is 12.8. The van der Waals surface area contributed by atoms with Gasteiger partial charge in [-0.3, -0.25) is 4.68 Å². The summed E-state index contributed by atoms with van der Waals surface area (Å²) in [7, 11) is 0. The lowest BCUT2D eigenvalue weighted by Crippen LogP contribution is -2.29. The van der Waals surface area contributed by atoms with Crippen LogP contribution in [0.5, 0.6) is 0 Å². The summed E-state index contributed by atoms with van der Waals surface area (Å²) in [5.41, 5.74) is 1.24. The molecule has 0 radical (unpaired) electrons. The van der Waals surface area contributed by atoms with Crippen LogP contribution in [0.1, 0.15) is 23.4 Å². The van der Waals surface area contributed by atoms with E-state index in [9.17, 15) is 13.2 Å². The monoisotopic (exact) mass is 390 g/mol. The molecule has 0 spiro atoms. The fraction of sp³-hybridized carbons (Fsp3) is 0.375. The summed E-state index contributed by atoms with van der Waals surface area (Å²) >= 11 is 10.9. The van der Waals surface area contributed by atoms with Gasteiger partial charge in [0.1, 0.15) is 0 Å². The van der Waals surface area contributed by atoms with Crippen LogP contribution in [-0.4, -0.2) is 21.4 Å². The van der Waals surface area contributed by atoms with Crippen LogP contribution in [0.3, 0.4) is 0 Å². The van der Waals surface area contributed by atoms with Gasteiger partial charge in [0.2, 0.25) is 0 Å². The topological polar surface area (TPSA) is 41.9 Å². The SMILES string of the molecule is Cc1cccc(NC(=S)NCCCn2nc(C(F)(F)F)c(Cl)c2C)c1. The second kappa shape index (κ2) is 8.05. The number of anilines is 1. The molecule has 9 heteroatoms. The Morgan fingerprint density at radius 3 is 2.64 bits per heavy atom. The van der Waals surface area contributed by atoms with Gasteiger partial charge in [-0.05, 0) is 50.2 Å². The van der Waals surface area contributed by atoms with E-state index < -0.39 is 11.9 Å². The van der Waals surface area contributed by atoms with Gasteiger partial charge in [0.15, 0.2) is 10.8 Å². The summed E-state index contributed by atoms with van der Waals surface area (Å²) in [6.45, 7) is 4.30. The van der Waals surface area contributed by atoms with E-state index in [1.807, 2.05) is 31.2 Å². The lowest BCUT2D eigenvalue weighted by Gasteiger charge is -2.11. The standard InChI is InChI=1S/C16H18ClF3N4S/c1-10-5-3-6-12(9-10)22-15(25)21-7-4-8-24-11(2)13(17)14(23-24)16(18,19)20/h3,5-6,9H,4,7-8H2,1-2H3,(H2,21,22,25). The van der Waals surface area contributed by atoms with Gasteiger partial charge in [0.05, 0.1) is 10.7 Å². The number of hydrogen-bond donors (Lipinski definition) is 2. The molecule has 136 valence electrons. The molecule has 1 aromatic carbocycles. The van der Waals surface area contributed by atoms with Crippen LogP contribution in [0, 0.1) is 13.8 Å². The number of hydrogen-bond acceptors (Lipinski definition) is 2. The molecule has 0 aliphatic rings. The van der Waals surface area contributed by atoms with E-state index in [2.05, 4.69) is 15.7 Å². The van der Waals surface area contributed by atoms with Gasteiger partial charge in [-0.2, -0.15) is 18.3 Å². The van der Waals surface area contributed by atoms with Gasteiger partial charge in [-0.25, -0.2) is 0 Å². The zero-order valence-electron chi connectivity index (χ0n) is 13.7. The van der Waals surface area contributed by atoms with Crippen molar-refractivity contribution in [2.24, 2.45) is 0 Å². The van der Waals surface area contributed by atoms with E-state index in [0.717, 1.165) is 11.3 Å². The highest BCUT2D eigenvalue weighted by Crippen LogP contribution is 2.35. The first-order chi connectivity index (χ1) is 11.7. The Bertz CT molecular complexity index is 758. The first kappa shape index (κ1) is 19.5. The van der Waals surface area contributed by atoms with Crippen molar-refractivity contribution < 1.29 is 13.2 Å². The number of aromatic nitrogens is 2. The van der Waals surface area contributed by atoms with E-state index in [-0.39, 0.29) is 5.02 Å². The molecule has 0 fully saturated rings. The van der Waals surface area contributed by atoms with Gasteiger partial charge in [-0.1, -0.05) is 23.7 Å². The van der Waals surface area contributed by atoms with Crippen molar-refractivity contribution in [2.45, 2.75) is 33.0 Å². The van der Waals surface area contributed by atoms with Crippen molar-refractivity contribution in [1.29, 1.82) is 0 Å². The van der Waals surface area contributed by atoms with Gasteiger partial charge < -0.3 is 10.6 Å². The minimum Gasteiger partial charge on any atom is -0.362 e. The molecule has 0 atom stereocenters. The molecule has 0 bridgehead atoms. The maximum Gasteiger partial charge on any atom is 0.436 e. The molecule has 0 amide bonds. The number of halogens is 4. The van der Waals surface area contributed by atoms with Gasteiger partial charge in [0, 0.05) is 18.8 Å². The van der Waals surface area contributed by atoms with Crippen molar-refractivity contribution in [3.05, 3.63) is 46.2 Å². The molecule has 0 saturated heterocycles. The van der Waals surface area contributed by atoms with E-state index >= 15 is 0 Å². The third kappa shape index (κ3) is 5.34. The quantitative estimate of drug-likeness (QED) is 0.580. The van der Waals surface area contributed by atoms with Crippen LogP contribution in [0.4, 0.5) is 18.9 Å². The smallest absolute Gasteiger partial charge is 0.362 e. The van der Waals surface area contributed by atoms with E-state index in [4.69, 9.17) is 23.8 Å². The fourth-order valence-corrected chi connectivity index (χ4v) is 2.71. The van der Waals surface area contributed by atoms with Gasteiger partial charge >= 0.3 is 6.18 Å². The molecule has 4 nitrogen and oxygen atoms in total. The Labute approximate surface area is 154 Å². The lowest BCUT2D eigenvalue weighted by molar-refractivity contribution is -0.141.